The Morgan fingerprint density at radius 2 is 1.93 bits per heavy atom. The molecule has 7 heteroatoms. The molecule has 0 amide bonds. The smallest absolute Gasteiger partial charge is 0.167 e. The van der Waals surface area contributed by atoms with Crippen LogP contribution in [0.3, 0.4) is 0 Å². The van der Waals surface area contributed by atoms with E-state index >= 15 is 0 Å². The van der Waals surface area contributed by atoms with Crippen LogP contribution in [-0.4, -0.2) is 54.3 Å². The molecule has 1 aromatic carbocycles. The van der Waals surface area contributed by atoms with E-state index in [0.29, 0.717) is 24.8 Å². The summed E-state index contributed by atoms with van der Waals surface area (Å²) < 4.78 is 24.7. The van der Waals surface area contributed by atoms with Gasteiger partial charge in [0.15, 0.2) is 5.76 Å². The maximum atomic E-state index is 13.1. The number of halogens is 1. The molecule has 2 saturated heterocycles. The summed E-state index contributed by atoms with van der Waals surface area (Å²) in [5.41, 5.74) is 1.61. The van der Waals surface area contributed by atoms with Crippen LogP contribution in [0.15, 0.2) is 34.9 Å². The summed E-state index contributed by atoms with van der Waals surface area (Å²) >= 11 is 0. The average molecular weight is 389 g/mol. The minimum Gasteiger partial charge on any atom is -0.390 e. The highest BCUT2D eigenvalue weighted by atomic mass is 19.1. The minimum atomic E-state index is -0.433. The van der Waals surface area contributed by atoms with E-state index in [-0.39, 0.29) is 18.0 Å². The number of aliphatic hydroxyl groups excluding tert-OH is 1. The molecule has 0 spiro atoms. The van der Waals surface area contributed by atoms with Gasteiger partial charge in [-0.2, -0.15) is 0 Å². The molecule has 6 nitrogen and oxygen atoms in total. The van der Waals surface area contributed by atoms with E-state index in [1.807, 2.05) is 6.07 Å². The molecule has 2 aliphatic rings. The van der Waals surface area contributed by atoms with Crippen molar-refractivity contribution in [2.45, 2.75) is 56.5 Å². The van der Waals surface area contributed by atoms with Crippen molar-refractivity contribution in [3.05, 3.63) is 41.8 Å². The Hall–Kier alpha value is -1.80. The molecular weight excluding hydrogens is 361 g/mol. The van der Waals surface area contributed by atoms with Gasteiger partial charge >= 0.3 is 0 Å². The van der Waals surface area contributed by atoms with Crippen LogP contribution in [0.1, 0.15) is 31.4 Å². The third kappa shape index (κ3) is 4.97. The summed E-state index contributed by atoms with van der Waals surface area (Å²) in [6.07, 6.45) is 3.76. The fourth-order valence-corrected chi connectivity index (χ4v) is 3.98. The molecule has 2 aromatic rings. The van der Waals surface area contributed by atoms with Crippen LogP contribution < -0.4 is 10.6 Å². The van der Waals surface area contributed by atoms with Crippen molar-refractivity contribution < 1.29 is 18.8 Å². The summed E-state index contributed by atoms with van der Waals surface area (Å²) in [6, 6.07) is 8.53. The molecule has 0 saturated carbocycles. The zero-order valence-electron chi connectivity index (χ0n) is 15.9. The molecule has 4 rings (SSSR count). The van der Waals surface area contributed by atoms with E-state index in [2.05, 4.69) is 15.8 Å². The third-order valence-corrected chi connectivity index (χ3v) is 5.65. The lowest BCUT2D eigenvalue weighted by molar-refractivity contribution is -0.115. The zero-order valence-corrected chi connectivity index (χ0v) is 15.9. The van der Waals surface area contributed by atoms with Gasteiger partial charge in [0.05, 0.1) is 24.0 Å². The van der Waals surface area contributed by atoms with Crippen molar-refractivity contribution in [1.29, 1.82) is 0 Å². The van der Waals surface area contributed by atoms with Gasteiger partial charge < -0.3 is 25.0 Å². The summed E-state index contributed by atoms with van der Waals surface area (Å²) in [7, 11) is 0. The Balaban J connectivity index is 1.31. The van der Waals surface area contributed by atoms with Gasteiger partial charge in [0, 0.05) is 30.6 Å². The monoisotopic (exact) mass is 389 g/mol. The normalized spacial score (nSPS) is 26.4. The summed E-state index contributed by atoms with van der Waals surface area (Å²) in [6.45, 7) is 2.75. The van der Waals surface area contributed by atoms with E-state index in [1.54, 1.807) is 12.1 Å². The topological polar surface area (TPSA) is 79.6 Å². The molecule has 2 aliphatic heterocycles. The molecule has 0 bridgehead atoms. The second kappa shape index (κ2) is 9.13. The van der Waals surface area contributed by atoms with Gasteiger partial charge in [0.2, 0.25) is 0 Å². The molecule has 0 radical (unpaired) electrons. The van der Waals surface area contributed by atoms with Gasteiger partial charge in [-0.05, 0) is 63.0 Å². The SMILES string of the molecule is O[C@H]1CC[C@@H](Cc2cc(-c3ccc(F)cc3)on2)O[C@@H]1CNC1CCNCC1. The second-order valence-corrected chi connectivity index (χ2v) is 7.77. The number of ether oxygens (including phenoxy) is 1. The predicted octanol–water partition coefficient (Wildman–Crippen LogP) is 2.27. The summed E-state index contributed by atoms with van der Waals surface area (Å²) in [4.78, 5) is 0. The first-order valence-corrected chi connectivity index (χ1v) is 10.2. The number of nitrogens with one attached hydrogen (secondary N) is 2. The third-order valence-electron chi connectivity index (χ3n) is 5.65. The Labute approximate surface area is 164 Å². The fraction of sp³-hybridized carbons (Fsp3) is 0.571. The van der Waals surface area contributed by atoms with Crippen LogP contribution >= 0.6 is 0 Å². The highest BCUT2D eigenvalue weighted by Crippen LogP contribution is 2.25. The van der Waals surface area contributed by atoms with Crippen molar-refractivity contribution in [1.82, 2.24) is 15.8 Å². The van der Waals surface area contributed by atoms with Crippen LogP contribution in [-0.2, 0) is 11.2 Å². The van der Waals surface area contributed by atoms with Crippen LogP contribution in [0.5, 0.6) is 0 Å². The molecular formula is C21H28FN3O3. The van der Waals surface area contributed by atoms with Crippen molar-refractivity contribution in [3.63, 3.8) is 0 Å². The van der Waals surface area contributed by atoms with E-state index in [1.165, 1.54) is 12.1 Å². The molecule has 3 heterocycles. The minimum absolute atomic E-state index is 0.00869. The number of aliphatic hydroxyl groups is 1. The van der Waals surface area contributed by atoms with Gasteiger partial charge in [-0.25, -0.2) is 4.39 Å². The highest BCUT2D eigenvalue weighted by molar-refractivity contribution is 5.57. The number of hydrogen-bond donors (Lipinski definition) is 3. The van der Waals surface area contributed by atoms with Crippen molar-refractivity contribution in [2.24, 2.45) is 0 Å². The first-order chi connectivity index (χ1) is 13.7. The Morgan fingerprint density at radius 3 is 2.71 bits per heavy atom. The maximum Gasteiger partial charge on any atom is 0.167 e. The zero-order chi connectivity index (χ0) is 19.3. The molecule has 152 valence electrons. The quantitative estimate of drug-likeness (QED) is 0.703. The number of benzene rings is 1. The predicted molar refractivity (Wildman–Crippen MR) is 103 cm³/mol. The van der Waals surface area contributed by atoms with Crippen LogP contribution in [0.25, 0.3) is 11.3 Å². The first-order valence-electron chi connectivity index (χ1n) is 10.2. The van der Waals surface area contributed by atoms with E-state index < -0.39 is 6.10 Å². The lowest BCUT2D eigenvalue weighted by Gasteiger charge is -2.35. The molecule has 3 N–H and O–H groups in total. The van der Waals surface area contributed by atoms with Gasteiger partial charge in [-0.15, -0.1) is 0 Å². The van der Waals surface area contributed by atoms with Crippen molar-refractivity contribution >= 4 is 0 Å². The van der Waals surface area contributed by atoms with Crippen molar-refractivity contribution in [2.75, 3.05) is 19.6 Å². The van der Waals surface area contributed by atoms with E-state index in [4.69, 9.17) is 9.26 Å². The number of piperidine rings is 1. The molecule has 3 atom stereocenters. The Morgan fingerprint density at radius 1 is 1.14 bits per heavy atom. The molecule has 0 unspecified atom stereocenters. The van der Waals surface area contributed by atoms with Crippen LogP contribution in [0.4, 0.5) is 4.39 Å². The van der Waals surface area contributed by atoms with Crippen LogP contribution in [0, 0.1) is 5.82 Å². The van der Waals surface area contributed by atoms with Gasteiger partial charge in [0.1, 0.15) is 5.82 Å². The van der Waals surface area contributed by atoms with Gasteiger partial charge in [0.25, 0.3) is 0 Å². The second-order valence-electron chi connectivity index (χ2n) is 7.77. The number of aromatic nitrogens is 1. The number of nitrogens with zero attached hydrogens (tertiary/aromatic N) is 1. The molecule has 2 fully saturated rings. The van der Waals surface area contributed by atoms with Gasteiger partial charge in [-0.1, -0.05) is 5.16 Å². The van der Waals surface area contributed by atoms with Gasteiger partial charge in [-0.3, -0.25) is 0 Å². The number of rotatable bonds is 6. The van der Waals surface area contributed by atoms with Crippen molar-refractivity contribution in [3.8, 4) is 11.3 Å². The Bertz CT molecular complexity index is 746. The van der Waals surface area contributed by atoms with E-state index in [9.17, 15) is 9.50 Å². The highest BCUT2D eigenvalue weighted by Gasteiger charge is 2.31. The molecule has 0 aliphatic carbocycles. The molecule has 1 aromatic heterocycles. The largest absolute Gasteiger partial charge is 0.390 e. The Kier molecular flexibility index (Phi) is 6.36. The van der Waals surface area contributed by atoms with Crippen LogP contribution in [0.2, 0.25) is 0 Å². The lowest BCUT2D eigenvalue weighted by atomic mass is 9.97. The first kappa shape index (κ1) is 19.5. The molecule has 28 heavy (non-hydrogen) atoms. The summed E-state index contributed by atoms with van der Waals surface area (Å²) in [5, 5.41) is 21.4. The number of hydrogen-bond acceptors (Lipinski definition) is 6. The summed E-state index contributed by atoms with van der Waals surface area (Å²) in [5.74, 6) is 0.344. The van der Waals surface area contributed by atoms with E-state index in [0.717, 1.165) is 50.0 Å². The maximum absolute atomic E-state index is 13.1. The standard InChI is InChI=1S/C21H28FN3O3/c22-15-3-1-14(2-4-15)20-12-17(25-28-20)11-18-5-6-19(26)21(27-18)13-24-16-7-9-23-10-8-16/h1-4,12,16,18-19,21,23-24,26H,5-11,13H2/t18-,19-,21+/m0/s1. The lowest BCUT2D eigenvalue weighted by Crippen LogP contribution is -2.49. The average Bonchev–Trinajstić information content (AvgIpc) is 3.18. The fourth-order valence-electron chi connectivity index (χ4n) is 3.98.